The first-order valence-electron chi connectivity index (χ1n) is 8.51. The van der Waals surface area contributed by atoms with E-state index in [2.05, 4.69) is 57.4 Å². The third-order valence-electron chi connectivity index (χ3n) is 4.54. The largest absolute Gasteiger partial charge is 0.392 e. The summed E-state index contributed by atoms with van der Waals surface area (Å²) in [6.07, 6.45) is -0.270. The normalized spacial score (nSPS) is 18.0. The van der Waals surface area contributed by atoms with Gasteiger partial charge in [-0.15, -0.1) is 5.10 Å². The van der Waals surface area contributed by atoms with Gasteiger partial charge in [-0.3, -0.25) is 9.80 Å². The Bertz CT molecular complexity index is 655. The molecule has 7 nitrogen and oxygen atoms in total. The number of nitrogens with zero attached hydrogens (tertiary/aromatic N) is 6. The molecule has 0 aliphatic carbocycles. The monoisotopic (exact) mass is 330 g/mol. The standard InChI is InChI=1S/C17H26N6O/c1-13-5-4-6-14(2)17(13)23-16(18-19-20-23)12-22-9-7-21(8-10-22)11-15(3)24/h4-6,15,24H,7-12H2,1-3H3/t15-/m1/s1. The highest BCUT2D eigenvalue weighted by atomic mass is 16.3. The van der Waals surface area contributed by atoms with Gasteiger partial charge in [0.05, 0.1) is 18.3 Å². The topological polar surface area (TPSA) is 70.3 Å². The predicted molar refractivity (Wildman–Crippen MR) is 92.0 cm³/mol. The van der Waals surface area contributed by atoms with Gasteiger partial charge >= 0.3 is 0 Å². The maximum absolute atomic E-state index is 9.51. The fourth-order valence-corrected chi connectivity index (χ4v) is 3.32. The van der Waals surface area contributed by atoms with Crippen LogP contribution in [0.2, 0.25) is 0 Å². The molecular weight excluding hydrogens is 304 g/mol. The van der Waals surface area contributed by atoms with Gasteiger partial charge in [0.2, 0.25) is 0 Å². The van der Waals surface area contributed by atoms with Crippen molar-refractivity contribution >= 4 is 0 Å². The third-order valence-corrected chi connectivity index (χ3v) is 4.54. The number of aliphatic hydroxyl groups is 1. The summed E-state index contributed by atoms with van der Waals surface area (Å²) in [5, 5.41) is 21.9. The van der Waals surface area contributed by atoms with Crippen molar-refractivity contribution in [3.05, 3.63) is 35.2 Å². The van der Waals surface area contributed by atoms with Crippen LogP contribution in [0.15, 0.2) is 18.2 Å². The quantitative estimate of drug-likeness (QED) is 0.873. The molecule has 0 spiro atoms. The number of hydrogen-bond acceptors (Lipinski definition) is 6. The molecule has 0 bridgehead atoms. The number of piperazine rings is 1. The second-order valence-electron chi connectivity index (χ2n) is 6.67. The van der Waals surface area contributed by atoms with E-state index in [-0.39, 0.29) is 6.10 Å². The molecular formula is C17H26N6O. The molecule has 7 heteroatoms. The number of β-amino-alcohol motifs (C(OH)–C–C–N with tert-alkyl or cyclic N) is 1. The Labute approximate surface area is 142 Å². The van der Waals surface area contributed by atoms with Crippen LogP contribution in [-0.2, 0) is 6.54 Å². The fourth-order valence-electron chi connectivity index (χ4n) is 3.32. The van der Waals surface area contributed by atoms with Crippen molar-refractivity contribution in [2.24, 2.45) is 0 Å². The number of rotatable bonds is 5. The molecule has 0 saturated carbocycles. The van der Waals surface area contributed by atoms with Crippen LogP contribution < -0.4 is 0 Å². The molecule has 1 aromatic heterocycles. The third kappa shape index (κ3) is 3.80. The average molecular weight is 330 g/mol. The molecule has 1 saturated heterocycles. The highest BCUT2D eigenvalue weighted by Crippen LogP contribution is 2.19. The lowest BCUT2D eigenvalue weighted by atomic mass is 10.1. The van der Waals surface area contributed by atoms with Crippen molar-refractivity contribution < 1.29 is 5.11 Å². The Morgan fingerprint density at radius 2 is 1.71 bits per heavy atom. The minimum atomic E-state index is -0.270. The molecule has 0 unspecified atom stereocenters. The maximum atomic E-state index is 9.51. The SMILES string of the molecule is Cc1cccc(C)c1-n1nnnc1CN1CCN(C[C@@H](C)O)CC1. The zero-order valence-corrected chi connectivity index (χ0v) is 14.7. The zero-order valence-electron chi connectivity index (χ0n) is 14.7. The first-order chi connectivity index (χ1) is 11.5. The lowest BCUT2D eigenvalue weighted by molar-refractivity contribution is 0.0768. The van der Waals surface area contributed by atoms with Crippen molar-refractivity contribution in [3.8, 4) is 5.69 Å². The van der Waals surface area contributed by atoms with E-state index in [9.17, 15) is 5.11 Å². The zero-order chi connectivity index (χ0) is 17.1. The summed E-state index contributed by atoms with van der Waals surface area (Å²) in [7, 11) is 0. The molecule has 3 rings (SSSR count). The van der Waals surface area contributed by atoms with E-state index in [1.54, 1.807) is 0 Å². The lowest BCUT2D eigenvalue weighted by Crippen LogP contribution is -2.48. The molecule has 1 aromatic carbocycles. The summed E-state index contributed by atoms with van der Waals surface area (Å²) in [5.41, 5.74) is 3.42. The number of benzene rings is 1. The Morgan fingerprint density at radius 1 is 1.08 bits per heavy atom. The number of hydrogen-bond donors (Lipinski definition) is 1. The van der Waals surface area contributed by atoms with Crippen molar-refractivity contribution in [1.29, 1.82) is 0 Å². The number of aromatic nitrogens is 4. The Balaban J connectivity index is 1.69. The van der Waals surface area contributed by atoms with E-state index in [1.807, 2.05) is 11.6 Å². The minimum absolute atomic E-state index is 0.270. The van der Waals surface area contributed by atoms with Gasteiger partial charge in [-0.25, -0.2) is 0 Å². The Morgan fingerprint density at radius 3 is 2.33 bits per heavy atom. The fraction of sp³-hybridized carbons (Fsp3) is 0.588. The molecule has 130 valence electrons. The van der Waals surface area contributed by atoms with Crippen LogP contribution >= 0.6 is 0 Å². The first-order valence-corrected chi connectivity index (χ1v) is 8.51. The van der Waals surface area contributed by atoms with Gasteiger partial charge in [0.15, 0.2) is 5.82 Å². The first kappa shape index (κ1) is 17.0. The molecule has 24 heavy (non-hydrogen) atoms. The minimum Gasteiger partial charge on any atom is -0.392 e. The molecule has 2 heterocycles. The molecule has 0 amide bonds. The summed E-state index contributed by atoms with van der Waals surface area (Å²) < 4.78 is 1.87. The van der Waals surface area contributed by atoms with Crippen LogP contribution in [0, 0.1) is 13.8 Å². The molecule has 1 fully saturated rings. The smallest absolute Gasteiger partial charge is 0.170 e. The van der Waals surface area contributed by atoms with Crippen LogP contribution in [0.4, 0.5) is 0 Å². The summed E-state index contributed by atoms with van der Waals surface area (Å²) in [6, 6.07) is 6.23. The maximum Gasteiger partial charge on any atom is 0.170 e. The van der Waals surface area contributed by atoms with Crippen LogP contribution in [0.25, 0.3) is 5.69 Å². The van der Waals surface area contributed by atoms with Crippen molar-refractivity contribution in [1.82, 2.24) is 30.0 Å². The second kappa shape index (κ2) is 7.38. The van der Waals surface area contributed by atoms with E-state index < -0.39 is 0 Å². The molecule has 1 aliphatic rings. The average Bonchev–Trinajstić information content (AvgIpc) is 2.96. The van der Waals surface area contributed by atoms with Crippen molar-refractivity contribution in [2.45, 2.75) is 33.4 Å². The van der Waals surface area contributed by atoms with Crippen molar-refractivity contribution in [2.75, 3.05) is 32.7 Å². The molecule has 1 atom stereocenters. The van der Waals surface area contributed by atoms with Crippen molar-refractivity contribution in [3.63, 3.8) is 0 Å². The van der Waals surface area contributed by atoms with E-state index in [0.717, 1.165) is 50.8 Å². The number of para-hydroxylation sites is 1. The van der Waals surface area contributed by atoms with Gasteiger partial charge in [-0.1, -0.05) is 18.2 Å². The summed E-state index contributed by atoms with van der Waals surface area (Å²) in [6.45, 7) is 11.4. The van der Waals surface area contributed by atoms with E-state index in [0.29, 0.717) is 0 Å². The molecule has 2 aromatic rings. The van der Waals surface area contributed by atoms with Crippen LogP contribution in [-0.4, -0.2) is 73.9 Å². The van der Waals surface area contributed by atoms with Gasteiger partial charge in [0.25, 0.3) is 0 Å². The predicted octanol–water partition coefficient (Wildman–Crippen LogP) is 0.778. The number of aryl methyl sites for hydroxylation is 2. The van der Waals surface area contributed by atoms with Gasteiger partial charge < -0.3 is 5.11 Å². The summed E-state index contributed by atoms with van der Waals surface area (Å²) >= 11 is 0. The lowest BCUT2D eigenvalue weighted by Gasteiger charge is -2.34. The summed E-state index contributed by atoms with van der Waals surface area (Å²) in [4.78, 5) is 4.67. The molecule has 1 aliphatic heterocycles. The van der Waals surface area contributed by atoms with Gasteiger partial charge in [-0.05, 0) is 42.3 Å². The van der Waals surface area contributed by atoms with Crippen LogP contribution in [0.1, 0.15) is 23.9 Å². The number of aliphatic hydroxyl groups excluding tert-OH is 1. The Hall–Kier alpha value is -1.83. The van der Waals surface area contributed by atoms with Crippen LogP contribution in [0.5, 0.6) is 0 Å². The van der Waals surface area contributed by atoms with Crippen LogP contribution in [0.3, 0.4) is 0 Å². The number of tetrazole rings is 1. The van der Waals surface area contributed by atoms with E-state index >= 15 is 0 Å². The van der Waals surface area contributed by atoms with Gasteiger partial charge in [0.1, 0.15) is 0 Å². The second-order valence-corrected chi connectivity index (χ2v) is 6.67. The summed E-state index contributed by atoms with van der Waals surface area (Å²) in [5.74, 6) is 0.872. The molecule has 1 N–H and O–H groups in total. The highest BCUT2D eigenvalue weighted by Gasteiger charge is 2.21. The van der Waals surface area contributed by atoms with E-state index in [4.69, 9.17) is 0 Å². The van der Waals surface area contributed by atoms with Gasteiger partial charge in [0, 0.05) is 32.7 Å². The van der Waals surface area contributed by atoms with E-state index in [1.165, 1.54) is 11.1 Å². The molecule has 0 radical (unpaired) electrons. The van der Waals surface area contributed by atoms with Gasteiger partial charge in [-0.2, -0.15) is 4.68 Å². The highest BCUT2D eigenvalue weighted by molar-refractivity contribution is 5.46. The Kier molecular flexibility index (Phi) is 5.23.